The van der Waals surface area contributed by atoms with Crippen molar-refractivity contribution >= 4 is 44.2 Å². The predicted octanol–water partition coefficient (Wildman–Crippen LogP) is 4.47. The Morgan fingerprint density at radius 2 is 1.93 bits per heavy atom. The average Bonchev–Trinajstić information content (AvgIpc) is 3.14. The highest BCUT2D eigenvalue weighted by atomic mass is 79.9. The Morgan fingerprint density at radius 1 is 1.17 bits per heavy atom. The molecule has 0 atom stereocenters. The van der Waals surface area contributed by atoms with Gasteiger partial charge in [0.25, 0.3) is 5.91 Å². The standard InChI is InChI=1S/C20H16BrF2N3O3S/c21-14-6-4-12(5-7-14)8-16-10-25-20(30-16)26-17(27)11-24-18(28)13-2-1-3-15(9-13)29-19(22)23/h1-7,9-10,19H,8,11H2,(H,24,28)(H,25,26,27). The zero-order valence-corrected chi connectivity index (χ0v) is 17.8. The van der Waals surface area contributed by atoms with Crippen LogP contribution in [-0.2, 0) is 11.2 Å². The number of nitrogens with zero attached hydrogens (tertiary/aromatic N) is 1. The van der Waals surface area contributed by atoms with E-state index in [0.29, 0.717) is 11.6 Å². The number of thiazole rings is 1. The van der Waals surface area contributed by atoms with Gasteiger partial charge in [0.15, 0.2) is 5.13 Å². The molecule has 0 aliphatic rings. The Balaban J connectivity index is 1.49. The third kappa shape index (κ3) is 6.60. The van der Waals surface area contributed by atoms with E-state index in [1.807, 2.05) is 24.3 Å². The highest BCUT2D eigenvalue weighted by molar-refractivity contribution is 9.10. The van der Waals surface area contributed by atoms with Crippen LogP contribution in [0.3, 0.4) is 0 Å². The number of ether oxygens (including phenoxy) is 1. The van der Waals surface area contributed by atoms with E-state index < -0.39 is 18.4 Å². The fourth-order valence-electron chi connectivity index (χ4n) is 2.49. The van der Waals surface area contributed by atoms with Crippen LogP contribution >= 0.6 is 27.3 Å². The van der Waals surface area contributed by atoms with Gasteiger partial charge in [-0.1, -0.05) is 34.1 Å². The molecule has 0 saturated heterocycles. The molecule has 2 N–H and O–H groups in total. The topological polar surface area (TPSA) is 80.3 Å². The lowest BCUT2D eigenvalue weighted by Crippen LogP contribution is -2.32. The normalized spacial score (nSPS) is 10.7. The van der Waals surface area contributed by atoms with Gasteiger partial charge in [-0.05, 0) is 35.9 Å². The van der Waals surface area contributed by atoms with Crippen molar-refractivity contribution in [3.8, 4) is 5.75 Å². The second-order valence-electron chi connectivity index (χ2n) is 6.07. The first kappa shape index (κ1) is 21.8. The molecule has 2 amide bonds. The zero-order valence-electron chi connectivity index (χ0n) is 15.4. The van der Waals surface area contributed by atoms with Crippen LogP contribution in [0.1, 0.15) is 20.8 Å². The number of carbonyl (C=O) groups excluding carboxylic acids is 2. The monoisotopic (exact) mass is 495 g/mol. The number of anilines is 1. The number of carbonyl (C=O) groups is 2. The summed E-state index contributed by atoms with van der Waals surface area (Å²) >= 11 is 4.73. The molecule has 0 aliphatic carbocycles. The van der Waals surface area contributed by atoms with Gasteiger partial charge in [-0.15, -0.1) is 11.3 Å². The van der Waals surface area contributed by atoms with Crippen LogP contribution in [0.5, 0.6) is 5.75 Å². The van der Waals surface area contributed by atoms with Gasteiger partial charge in [0.05, 0.1) is 6.54 Å². The molecule has 0 fully saturated rings. The van der Waals surface area contributed by atoms with E-state index in [0.717, 1.165) is 14.9 Å². The van der Waals surface area contributed by atoms with Gasteiger partial charge < -0.3 is 15.4 Å². The molecule has 0 radical (unpaired) electrons. The summed E-state index contributed by atoms with van der Waals surface area (Å²) in [5.41, 5.74) is 1.22. The van der Waals surface area contributed by atoms with Crippen molar-refractivity contribution in [2.24, 2.45) is 0 Å². The van der Waals surface area contributed by atoms with Gasteiger partial charge in [-0.25, -0.2) is 4.98 Å². The summed E-state index contributed by atoms with van der Waals surface area (Å²) in [4.78, 5) is 29.3. The highest BCUT2D eigenvalue weighted by Gasteiger charge is 2.12. The lowest BCUT2D eigenvalue weighted by Gasteiger charge is -2.08. The number of amides is 2. The molecule has 1 aromatic heterocycles. The Bertz CT molecular complexity index is 1030. The van der Waals surface area contributed by atoms with Crippen molar-refractivity contribution < 1.29 is 23.1 Å². The van der Waals surface area contributed by atoms with Gasteiger partial charge in [-0.3, -0.25) is 9.59 Å². The summed E-state index contributed by atoms with van der Waals surface area (Å²) in [6.45, 7) is -3.28. The van der Waals surface area contributed by atoms with Crippen molar-refractivity contribution in [1.29, 1.82) is 0 Å². The Labute approximate surface area is 183 Å². The lowest BCUT2D eigenvalue weighted by molar-refractivity contribution is -0.115. The summed E-state index contributed by atoms with van der Waals surface area (Å²) in [7, 11) is 0. The zero-order chi connectivity index (χ0) is 21.5. The Kier molecular flexibility index (Phi) is 7.47. The molecule has 2 aromatic carbocycles. The molecule has 156 valence electrons. The molecule has 6 nitrogen and oxygen atoms in total. The van der Waals surface area contributed by atoms with E-state index in [-0.39, 0.29) is 17.9 Å². The Hall–Kier alpha value is -2.85. The first-order valence-corrected chi connectivity index (χ1v) is 10.3. The summed E-state index contributed by atoms with van der Waals surface area (Å²) in [5.74, 6) is -1.17. The van der Waals surface area contributed by atoms with Crippen molar-refractivity contribution in [1.82, 2.24) is 10.3 Å². The second-order valence-corrected chi connectivity index (χ2v) is 8.10. The average molecular weight is 496 g/mol. The fourth-order valence-corrected chi connectivity index (χ4v) is 3.62. The van der Waals surface area contributed by atoms with Crippen LogP contribution in [0.25, 0.3) is 0 Å². The molecule has 1 heterocycles. The quantitative estimate of drug-likeness (QED) is 0.483. The van der Waals surface area contributed by atoms with E-state index in [2.05, 4.69) is 36.3 Å². The number of rotatable bonds is 8. The third-order valence-electron chi connectivity index (χ3n) is 3.82. The highest BCUT2D eigenvalue weighted by Crippen LogP contribution is 2.22. The van der Waals surface area contributed by atoms with Gasteiger partial charge in [0.2, 0.25) is 5.91 Å². The smallest absolute Gasteiger partial charge is 0.387 e. The molecular weight excluding hydrogens is 480 g/mol. The molecule has 0 unspecified atom stereocenters. The van der Waals surface area contributed by atoms with Crippen molar-refractivity contribution in [3.05, 3.63) is 75.2 Å². The molecule has 0 saturated carbocycles. The first-order chi connectivity index (χ1) is 14.4. The summed E-state index contributed by atoms with van der Waals surface area (Å²) in [6.07, 6.45) is 2.38. The maximum atomic E-state index is 12.3. The van der Waals surface area contributed by atoms with Crippen LogP contribution in [0.4, 0.5) is 13.9 Å². The molecule has 0 spiro atoms. The lowest BCUT2D eigenvalue weighted by atomic mass is 10.1. The first-order valence-electron chi connectivity index (χ1n) is 8.71. The molecule has 0 bridgehead atoms. The second kappa shape index (κ2) is 10.3. The van der Waals surface area contributed by atoms with Gasteiger partial charge >= 0.3 is 6.61 Å². The molecule has 3 rings (SSSR count). The van der Waals surface area contributed by atoms with E-state index in [9.17, 15) is 18.4 Å². The maximum absolute atomic E-state index is 12.3. The van der Waals surface area contributed by atoms with Gasteiger partial charge in [0, 0.05) is 27.5 Å². The van der Waals surface area contributed by atoms with Crippen LogP contribution in [0, 0.1) is 0 Å². The van der Waals surface area contributed by atoms with E-state index in [1.54, 1.807) is 6.20 Å². The molecule has 3 aromatic rings. The number of benzene rings is 2. The summed E-state index contributed by atoms with van der Waals surface area (Å²) in [5, 5.41) is 5.48. The van der Waals surface area contributed by atoms with Crippen LogP contribution in [-0.4, -0.2) is 30.0 Å². The molecule has 10 heteroatoms. The van der Waals surface area contributed by atoms with Crippen LogP contribution < -0.4 is 15.4 Å². The largest absolute Gasteiger partial charge is 0.435 e. The van der Waals surface area contributed by atoms with Gasteiger partial charge in [-0.2, -0.15) is 8.78 Å². The number of hydrogen-bond acceptors (Lipinski definition) is 5. The SMILES string of the molecule is O=C(CNC(=O)c1cccc(OC(F)F)c1)Nc1ncc(Cc2ccc(Br)cc2)s1. The summed E-state index contributed by atoms with van der Waals surface area (Å²) < 4.78 is 29.8. The van der Waals surface area contributed by atoms with Gasteiger partial charge in [0.1, 0.15) is 5.75 Å². The van der Waals surface area contributed by atoms with Crippen molar-refractivity contribution in [2.45, 2.75) is 13.0 Å². The molecule has 30 heavy (non-hydrogen) atoms. The third-order valence-corrected chi connectivity index (χ3v) is 5.26. The van der Waals surface area contributed by atoms with E-state index in [1.165, 1.54) is 35.6 Å². The fraction of sp³-hybridized carbons (Fsp3) is 0.150. The molecule has 0 aliphatic heterocycles. The minimum absolute atomic E-state index is 0.104. The van der Waals surface area contributed by atoms with Crippen LogP contribution in [0.15, 0.2) is 59.2 Å². The predicted molar refractivity (Wildman–Crippen MR) is 113 cm³/mol. The summed E-state index contributed by atoms with van der Waals surface area (Å²) in [6, 6.07) is 13.2. The van der Waals surface area contributed by atoms with E-state index in [4.69, 9.17) is 0 Å². The maximum Gasteiger partial charge on any atom is 0.387 e. The van der Waals surface area contributed by atoms with Crippen molar-refractivity contribution in [2.75, 3.05) is 11.9 Å². The number of nitrogens with one attached hydrogen (secondary N) is 2. The number of alkyl halides is 2. The number of hydrogen-bond donors (Lipinski definition) is 2. The van der Waals surface area contributed by atoms with Crippen LogP contribution in [0.2, 0.25) is 0 Å². The number of aromatic nitrogens is 1. The minimum atomic E-state index is -2.99. The van der Waals surface area contributed by atoms with E-state index >= 15 is 0 Å². The Morgan fingerprint density at radius 3 is 2.67 bits per heavy atom. The molecular formula is C20H16BrF2N3O3S. The van der Waals surface area contributed by atoms with Crippen molar-refractivity contribution in [3.63, 3.8) is 0 Å². The number of halogens is 3. The minimum Gasteiger partial charge on any atom is -0.435 e.